The Kier molecular flexibility index (Phi) is 5.32. The molecular formula is C11H11BF3K. The first-order valence-electron chi connectivity index (χ1n) is 5.04. The zero-order valence-electron chi connectivity index (χ0n) is 9.17. The van der Waals surface area contributed by atoms with Crippen LogP contribution in [0.2, 0.25) is 0 Å². The van der Waals surface area contributed by atoms with E-state index < -0.39 is 6.98 Å². The van der Waals surface area contributed by atoms with Crippen LogP contribution in [0.25, 0.3) is 6.08 Å². The van der Waals surface area contributed by atoms with E-state index in [1.807, 2.05) is 12.1 Å². The summed E-state index contributed by atoms with van der Waals surface area (Å²) < 4.78 is 35.8. The van der Waals surface area contributed by atoms with Crippen LogP contribution in [0.5, 0.6) is 0 Å². The third-order valence-corrected chi connectivity index (χ3v) is 2.49. The van der Waals surface area contributed by atoms with Gasteiger partial charge in [0, 0.05) is 0 Å². The van der Waals surface area contributed by atoms with Crippen molar-refractivity contribution >= 4 is 13.1 Å². The first kappa shape index (κ1) is 14.5. The van der Waals surface area contributed by atoms with E-state index >= 15 is 0 Å². The Labute approximate surface area is 136 Å². The van der Waals surface area contributed by atoms with E-state index in [9.17, 15) is 12.9 Å². The van der Waals surface area contributed by atoms with Crippen molar-refractivity contribution in [2.75, 3.05) is 0 Å². The van der Waals surface area contributed by atoms with Crippen molar-refractivity contribution in [2.24, 2.45) is 0 Å². The topological polar surface area (TPSA) is 0 Å². The van der Waals surface area contributed by atoms with Crippen molar-refractivity contribution in [2.45, 2.75) is 18.8 Å². The minimum absolute atomic E-state index is 0. The second kappa shape index (κ2) is 5.87. The summed E-state index contributed by atoms with van der Waals surface area (Å²) in [4.78, 5) is 0. The van der Waals surface area contributed by atoms with E-state index in [2.05, 4.69) is 0 Å². The summed E-state index contributed by atoms with van der Waals surface area (Å²) in [7, 11) is 0. The van der Waals surface area contributed by atoms with E-state index in [1.54, 1.807) is 12.1 Å². The zero-order chi connectivity index (χ0) is 10.9. The van der Waals surface area contributed by atoms with Gasteiger partial charge in [-0.25, -0.2) is 0 Å². The van der Waals surface area contributed by atoms with Gasteiger partial charge in [-0.2, -0.15) is 0 Å². The van der Waals surface area contributed by atoms with Crippen LogP contribution in [-0.4, -0.2) is 6.98 Å². The Morgan fingerprint density at radius 2 is 1.62 bits per heavy atom. The molecule has 0 N–H and O–H groups in total. The molecule has 0 aliphatic heterocycles. The quantitative estimate of drug-likeness (QED) is 0.701. The van der Waals surface area contributed by atoms with Crippen LogP contribution < -0.4 is 51.4 Å². The van der Waals surface area contributed by atoms with Crippen LogP contribution in [0.15, 0.2) is 30.2 Å². The van der Waals surface area contributed by atoms with Gasteiger partial charge in [-0.15, -0.1) is 5.98 Å². The average molecular weight is 250 g/mol. The van der Waals surface area contributed by atoms with Crippen LogP contribution in [-0.2, 0) is 0 Å². The molecule has 16 heavy (non-hydrogen) atoms. The van der Waals surface area contributed by atoms with Gasteiger partial charge in [0.05, 0.1) is 0 Å². The summed E-state index contributed by atoms with van der Waals surface area (Å²) in [5.74, 6) is 0.974. The molecular weight excluding hydrogens is 239 g/mol. The number of hydrogen-bond acceptors (Lipinski definition) is 0. The molecule has 0 nitrogen and oxygen atoms in total. The Morgan fingerprint density at radius 1 is 1.06 bits per heavy atom. The second-order valence-corrected chi connectivity index (χ2v) is 3.93. The molecule has 0 aromatic heterocycles. The largest absolute Gasteiger partial charge is 1.00 e. The van der Waals surface area contributed by atoms with Crippen LogP contribution in [0, 0.1) is 0 Å². The van der Waals surface area contributed by atoms with Crippen molar-refractivity contribution in [1.29, 1.82) is 0 Å². The van der Waals surface area contributed by atoms with Crippen molar-refractivity contribution in [3.05, 3.63) is 41.4 Å². The molecule has 1 fully saturated rings. The fourth-order valence-corrected chi connectivity index (χ4v) is 1.52. The van der Waals surface area contributed by atoms with Gasteiger partial charge < -0.3 is 12.9 Å². The molecule has 0 spiro atoms. The molecule has 0 saturated heterocycles. The first-order valence-corrected chi connectivity index (χ1v) is 5.04. The van der Waals surface area contributed by atoms with Gasteiger partial charge in [0.25, 0.3) is 0 Å². The molecule has 0 radical (unpaired) electrons. The molecule has 5 heteroatoms. The van der Waals surface area contributed by atoms with Gasteiger partial charge in [-0.1, -0.05) is 30.3 Å². The number of hydrogen-bond donors (Lipinski definition) is 0. The van der Waals surface area contributed by atoms with Crippen LogP contribution in [0.3, 0.4) is 0 Å². The van der Waals surface area contributed by atoms with Crippen molar-refractivity contribution < 1.29 is 64.3 Å². The summed E-state index contributed by atoms with van der Waals surface area (Å²) in [6.07, 6.45) is 3.54. The first-order chi connectivity index (χ1) is 7.04. The van der Waals surface area contributed by atoms with Crippen molar-refractivity contribution in [1.82, 2.24) is 0 Å². The zero-order valence-corrected chi connectivity index (χ0v) is 12.3. The summed E-state index contributed by atoms with van der Waals surface area (Å²) in [6.45, 7) is -4.82. The van der Waals surface area contributed by atoms with Crippen molar-refractivity contribution in [3.63, 3.8) is 0 Å². The summed E-state index contributed by atoms with van der Waals surface area (Å²) in [5, 5.41) is 0. The SMILES string of the molecule is F[B-](F)(F)/C=C/c1ccc(C2CC2)cc1.[K+]. The molecule has 0 unspecified atom stereocenters. The third kappa shape index (κ3) is 4.75. The van der Waals surface area contributed by atoms with Crippen molar-refractivity contribution in [3.8, 4) is 0 Å². The average Bonchev–Trinajstić information content (AvgIpc) is 2.98. The summed E-state index contributed by atoms with van der Waals surface area (Å²) >= 11 is 0. The molecule has 1 aliphatic rings. The maximum absolute atomic E-state index is 11.9. The van der Waals surface area contributed by atoms with E-state index in [0.717, 1.165) is 6.08 Å². The van der Waals surface area contributed by atoms with Gasteiger partial charge >= 0.3 is 58.4 Å². The molecule has 1 aromatic carbocycles. The molecule has 0 bridgehead atoms. The Balaban J connectivity index is 0.00000128. The molecule has 1 aliphatic carbocycles. The molecule has 1 aromatic rings. The molecule has 2 rings (SSSR count). The Hall–Kier alpha value is 0.451. The third-order valence-electron chi connectivity index (χ3n) is 2.49. The predicted molar refractivity (Wildman–Crippen MR) is 56.5 cm³/mol. The summed E-state index contributed by atoms with van der Waals surface area (Å²) in [5.41, 5.74) is 1.85. The Bertz CT molecular complexity index is 366. The van der Waals surface area contributed by atoms with E-state index in [0.29, 0.717) is 17.5 Å². The number of rotatable bonds is 3. The molecule has 1 saturated carbocycles. The van der Waals surface area contributed by atoms with Crippen LogP contribution in [0.1, 0.15) is 29.9 Å². The molecule has 80 valence electrons. The minimum atomic E-state index is -4.82. The molecule has 0 heterocycles. The monoisotopic (exact) mass is 250 g/mol. The summed E-state index contributed by atoms with van der Waals surface area (Å²) in [6, 6.07) is 7.32. The number of benzene rings is 1. The normalized spacial score (nSPS) is 16.2. The fraction of sp³-hybridized carbons (Fsp3) is 0.273. The predicted octanol–water partition coefficient (Wildman–Crippen LogP) is 0.968. The Morgan fingerprint density at radius 3 is 2.06 bits per heavy atom. The van der Waals surface area contributed by atoms with Gasteiger partial charge in [-0.05, 0) is 29.9 Å². The standard InChI is InChI=1S/C11H11BF3.K/c13-12(14,15)8-7-9-1-3-10(4-2-9)11-5-6-11;/h1-4,7-8,11H,5-6H2;/q-1;+1/b8-7+;. The van der Waals surface area contributed by atoms with Crippen LogP contribution in [0.4, 0.5) is 12.9 Å². The molecule has 0 atom stereocenters. The maximum atomic E-state index is 11.9. The van der Waals surface area contributed by atoms with Gasteiger partial charge in [0.15, 0.2) is 0 Å². The van der Waals surface area contributed by atoms with E-state index in [-0.39, 0.29) is 51.4 Å². The van der Waals surface area contributed by atoms with E-state index in [4.69, 9.17) is 0 Å². The minimum Gasteiger partial charge on any atom is -0.445 e. The second-order valence-electron chi connectivity index (χ2n) is 3.93. The van der Waals surface area contributed by atoms with Crippen LogP contribution >= 0.6 is 0 Å². The fourth-order valence-electron chi connectivity index (χ4n) is 1.52. The molecule has 0 amide bonds. The van der Waals surface area contributed by atoms with Gasteiger partial charge in [0.2, 0.25) is 0 Å². The number of halogens is 3. The van der Waals surface area contributed by atoms with E-state index in [1.165, 1.54) is 18.4 Å². The smallest absolute Gasteiger partial charge is 0.445 e. The van der Waals surface area contributed by atoms with Gasteiger partial charge in [0.1, 0.15) is 0 Å². The maximum Gasteiger partial charge on any atom is 1.00 e. The van der Waals surface area contributed by atoms with Gasteiger partial charge in [-0.3, -0.25) is 0 Å².